The Balaban J connectivity index is 1.56. The fraction of sp³-hybridized carbons (Fsp3) is 1.00. The van der Waals surface area contributed by atoms with Crippen LogP contribution in [0.5, 0.6) is 0 Å². The van der Waals surface area contributed by atoms with Crippen LogP contribution < -0.4 is 5.32 Å². The van der Waals surface area contributed by atoms with Crippen LogP contribution >= 0.6 is 0 Å². The van der Waals surface area contributed by atoms with E-state index in [1.54, 1.807) is 0 Å². The molecule has 0 aromatic heterocycles. The third-order valence-corrected chi connectivity index (χ3v) is 3.98. The van der Waals surface area contributed by atoms with E-state index >= 15 is 0 Å². The summed E-state index contributed by atoms with van der Waals surface area (Å²) in [7, 11) is 2.24. The van der Waals surface area contributed by atoms with Crippen LogP contribution in [0, 0.1) is 11.8 Å². The minimum absolute atomic E-state index is 0.747. The van der Waals surface area contributed by atoms with Crippen LogP contribution in [0.15, 0.2) is 0 Å². The standard InChI is InChI=1S/C13H26N2/c1-11(9-12-3-4-12)14-10-13-5-7-15(2)8-6-13/h11-14H,3-10H2,1-2H3. The van der Waals surface area contributed by atoms with Gasteiger partial charge < -0.3 is 10.2 Å². The predicted molar refractivity (Wildman–Crippen MR) is 65.0 cm³/mol. The Morgan fingerprint density at radius 1 is 1.13 bits per heavy atom. The molecule has 1 aliphatic carbocycles. The van der Waals surface area contributed by atoms with Crippen LogP contribution in [0.2, 0.25) is 0 Å². The van der Waals surface area contributed by atoms with Crippen molar-refractivity contribution in [3.8, 4) is 0 Å². The molecular weight excluding hydrogens is 184 g/mol. The molecule has 1 heterocycles. The summed E-state index contributed by atoms with van der Waals surface area (Å²) in [5, 5.41) is 3.72. The maximum Gasteiger partial charge on any atom is 0.00414 e. The normalized spacial score (nSPS) is 26.8. The lowest BCUT2D eigenvalue weighted by Gasteiger charge is -2.30. The molecule has 0 spiro atoms. The van der Waals surface area contributed by atoms with E-state index in [1.165, 1.54) is 51.7 Å². The van der Waals surface area contributed by atoms with Gasteiger partial charge >= 0.3 is 0 Å². The molecule has 88 valence electrons. The molecular formula is C13H26N2. The molecule has 0 aromatic rings. The maximum absolute atomic E-state index is 3.72. The largest absolute Gasteiger partial charge is 0.314 e. The monoisotopic (exact) mass is 210 g/mol. The number of likely N-dealkylation sites (tertiary alicyclic amines) is 1. The highest BCUT2D eigenvalue weighted by atomic mass is 15.1. The minimum atomic E-state index is 0.747. The number of rotatable bonds is 5. The van der Waals surface area contributed by atoms with E-state index in [0.717, 1.165) is 17.9 Å². The van der Waals surface area contributed by atoms with Crippen molar-refractivity contribution in [3.63, 3.8) is 0 Å². The summed E-state index contributed by atoms with van der Waals surface area (Å²) in [5.74, 6) is 1.99. The van der Waals surface area contributed by atoms with Crippen molar-refractivity contribution in [2.75, 3.05) is 26.7 Å². The summed E-state index contributed by atoms with van der Waals surface area (Å²) < 4.78 is 0. The van der Waals surface area contributed by atoms with Crippen molar-refractivity contribution in [2.24, 2.45) is 11.8 Å². The SMILES string of the molecule is CC(CC1CC1)NCC1CCN(C)CC1. The summed E-state index contributed by atoms with van der Waals surface area (Å²) in [5.41, 5.74) is 0. The van der Waals surface area contributed by atoms with Crippen molar-refractivity contribution < 1.29 is 0 Å². The zero-order valence-corrected chi connectivity index (χ0v) is 10.3. The van der Waals surface area contributed by atoms with Gasteiger partial charge in [0.1, 0.15) is 0 Å². The zero-order valence-electron chi connectivity index (χ0n) is 10.3. The topological polar surface area (TPSA) is 15.3 Å². The maximum atomic E-state index is 3.72. The fourth-order valence-corrected chi connectivity index (χ4v) is 2.57. The first kappa shape index (κ1) is 11.4. The van der Waals surface area contributed by atoms with Crippen molar-refractivity contribution in [1.82, 2.24) is 10.2 Å². The molecule has 1 N–H and O–H groups in total. The Kier molecular flexibility index (Phi) is 4.04. The van der Waals surface area contributed by atoms with Crippen LogP contribution in [-0.2, 0) is 0 Å². The van der Waals surface area contributed by atoms with E-state index < -0.39 is 0 Å². The van der Waals surface area contributed by atoms with E-state index in [1.807, 2.05) is 0 Å². The number of hydrogen-bond donors (Lipinski definition) is 1. The van der Waals surface area contributed by atoms with Crippen molar-refractivity contribution >= 4 is 0 Å². The van der Waals surface area contributed by atoms with E-state index in [9.17, 15) is 0 Å². The first-order chi connectivity index (χ1) is 7.24. The molecule has 1 saturated heterocycles. The second-order valence-corrected chi connectivity index (χ2v) is 5.74. The van der Waals surface area contributed by atoms with E-state index in [0.29, 0.717) is 0 Å². The average Bonchev–Trinajstić information content (AvgIpc) is 3.01. The van der Waals surface area contributed by atoms with Gasteiger partial charge in [0, 0.05) is 6.04 Å². The quantitative estimate of drug-likeness (QED) is 0.747. The molecule has 1 unspecified atom stereocenters. The molecule has 0 radical (unpaired) electrons. The first-order valence-corrected chi connectivity index (χ1v) is 6.66. The molecule has 1 saturated carbocycles. The van der Waals surface area contributed by atoms with Crippen LogP contribution in [-0.4, -0.2) is 37.6 Å². The summed E-state index contributed by atoms with van der Waals surface area (Å²) in [6.45, 7) is 6.20. The molecule has 0 amide bonds. The lowest BCUT2D eigenvalue weighted by Crippen LogP contribution is -2.37. The number of piperidine rings is 1. The van der Waals surface area contributed by atoms with Crippen molar-refractivity contribution in [1.29, 1.82) is 0 Å². The lowest BCUT2D eigenvalue weighted by molar-refractivity contribution is 0.212. The summed E-state index contributed by atoms with van der Waals surface area (Å²) >= 11 is 0. The van der Waals surface area contributed by atoms with Gasteiger partial charge in [-0.05, 0) is 64.7 Å². The molecule has 2 heteroatoms. The highest BCUT2D eigenvalue weighted by Gasteiger charge is 2.24. The minimum Gasteiger partial charge on any atom is -0.314 e. The molecule has 0 aromatic carbocycles. The van der Waals surface area contributed by atoms with Gasteiger partial charge in [-0.2, -0.15) is 0 Å². The van der Waals surface area contributed by atoms with Crippen LogP contribution in [0.1, 0.15) is 39.0 Å². The van der Waals surface area contributed by atoms with Gasteiger partial charge in [-0.1, -0.05) is 12.8 Å². The average molecular weight is 210 g/mol. The van der Waals surface area contributed by atoms with E-state index in [-0.39, 0.29) is 0 Å². The Hall–Kier alpha value is -0.0800. The Labute approximate surface area is 94.4 Å². The third-order valence-electron chi connectivity index (χ3n) is 3.98. The van der Waals surface area contributed by atoms with Gasteiger partial charge in [0.15, 0.2) is 0 Å². The molecule has 2 aliphatic rings. The van der Waals surface area contributed by atoms with E-state index in [2.05, 4.69) is 24.2 Å². The van der Waals surface area contributed by atoms with Crippen LogP contribution in [0.3, 0.4) is 0 Å². The number of hydrogen-bond acceptors (Lipinski definition) is 2. The highest BCUT2D eigenvalue weighted by molar-refractivity contribution is 4.79. The number of nitrogens with one attached hydrogen (secondary N) is 1. The van der Waals surface area contributed by atoms with Gasteiger partial charge in [-0.3, -0.25) is 0 Å². The lowest BCUT2D eigenvalue weighted by atomic mass is 9.96. The smallest absolute Gasteiger partial charge is 0.00414 e. The van der Waals surface area contributed by atoms with Crippen LogP contribution in [0.25, 0.3) is 0 Å². The Bertz CT molecular complexity index is 181. The molecule has 2 rings (SSSR count). The Morgan fingerprint density at radius 3 is 2.40 bits per heavy atom. The first-order valence-electron chi connectivity index (χ1n) is 6.66. The molecule has 2 nitrogen and oxygen atoms in total. The van der Waals surface area contributed by atoms with Gasteiger partial charge in [0.2, 0.25) is 0 Å². The number of nitrogens with zero attached hydrogens (tertiary/aromatic N) is 1. The molecule has 0 bridgehead atoms. The molecule has 1 aliphatic heterocycles. The van der Waals surface area contributed by atoms with Gasteiger partial charge in [0.25, 0.3) is 0 Å². The third kappa shape index (κ3) is 4.12. The second-order valence-electron chi connectivity index (χ2n) is 5.74. The summed E-state index contributed by atoms with van der Waals surface area (Å²) in [6.07, 6.45) is 7.16. The van der Waals surface area contributed by atoms with Crippen molar-refractivity contribution in [3.05, 3.63) is 0 Å². The predicted octanol–water partition coefficient (Wildman–Crippen LogP) is 2.11. The molecule has 1 atom stereocenters. The second kappa shape index (κ2) is 5.31. The Morgan fingerprint density at radius 2 is 1.80 bits per heavy atom. The summed E-state index contributed by atoms with van der Waals surface area (Å²) in [6, 6.07) is 0.747. The molecule has 15 heavy (non-hydrogen) atoms. The summed E-state index contributed by atoms with van der Waals surface area (Å²) in [4.78, 5) is 2.45. The fourth-order valence-electron chi connectivity index (χ4n) is 2.57. The van der Waals surface area contributed by atoms with Gasteiger partial charge in [0.05, 0.1) is 0 Å². The van der Waals surface area contributed by atoms with Gasteiger partial charge in [-0.25, -0.2) is 0 Å². The van der Waals surface area contributed by atoms with Crippen molar-refractivity contribution in [2.45, 2.75) is 45.1 Å². The highest BCUT2D eigenvalue weighted by Crippen LogP contribution is 2.33. The van der Waals surface area contributed by atoms with Gasteiger partial charge in [-0.15, -0.1) is 0 Å². The van der Waals surface area contributed by atoms with E-state index in [4.69, 9.17) is 0 Å². The van der Waals surface area contributed by atoms with Crippen LogP contribution in [0.4, 0.5) is 0 Å². The molecule has 2 fully saturated rings. The zero-order chi connectivity index (χ0) is 10.7.